The van der Waals surface area contributed by atoms with Gasteiger partial charge in [0.15, 0.2) is 0 Å². The fraction of sp³-hybridized carbons (Fsp3) is 0.158. The first-order valence-corrected chi connectivity index (χ1v) is 8.47. The van der Waals surface area contributed by atoms with E-state index in [9.17, 15) is 4.39 Å². The molecule has 0 bridgehead atoms. The monoisotopic (exact) mass is 356 g/mol. The lowest BCUT2D eigenvalue weighted by atomic mass is 10.2. The average molecular weight is 356 g/mol. The molecule has 0 radical (unpaired) electrons. The highest BCUT2D eigenvalue weighted by atomic mass is 32.2. The van der Waals surface area contributed by atoms with Crippen molar-refractivity contribution in [2.24, 2.45) is 0 Å². The van der Waals surface area contributed by atoms with Crippen LogP contribution < -0.4 is 4.90 Å². The number of pyridine rings is 2. The molecule has 25 heavy (non-hydrogen) atoms. The molecule has 2 heterocycles. The number of rotatable bonds is 7. The fourth-order valence-electron chi connectivity index (χ4n) is 2.18. The average Bonchev–Trinajstić information content (AvgIpc) is 2.64. The molecule has 0 N–H and O–H groups in total. The molecule has 2 aromatic heterocycles. The van der Waals surface area contributed by atoms with Gasteiger partial charge < -0.3 is 9.80 Å². The predicted octanol–water partition coefficient (Wildman–Crippen LogP) is 4.66. The normalized spacial score (nSPS) is 11.1. The van der Waals surface area contributed by atoms with Gasteiger partial charge in [-0.1, -0.05) is 31.0 Å². The third kappa shape index (κ3) is 4.70. The molecule has 2 aromatic rings. The number of aromatic nitrogens is 2. The SMILES string of the molecule is C=C(Sc1ccc(F)cn1)N(C)/C(=C\C)C(=C)N(C)c1cccnc1. The molecule has 0 atom stereocenters. The van der Waals surface area contributed by atoms with Gasteiger partial charge in [0.05, 0.1) is 34.5 Å². The van der Waals surface area contributed by atoms with Crippen molar-refractivity contribution in [1.29, 1.82) is 0 Å². The molecule has 0 aliphatic carbocycles. The largest absolute Gasteiger partial charge is 0.342 e. The maximum atomic E-state index is 13.0. The number of thioether (sulfide) groups is 1. The van der Waals surface area contributed by atoms with Crippen LogP contribution in [-0.4, -0.2) is 29.0 Å². The topological polar surface area (TPSA) is 32.3 Å². The quantitative estimate of drug-likeness (QED) is 0.532. The zero-order chi connectivity index (χ0) is 18.4. The van der Waals surface area contributed by atoms with E-state index >= 15 is 0 Å². The van der Waals surface area contributed by atoms with Crippen LogP contribution in [0.4, 0.5) is 10.1 Å². The van der Waals surface area contributed by atoms with Crippen LogP contribution in [0.15, 0.2) is 83.5 Å². The van der Waals surface area contributed by atoms with Crippen LogP contribution in [0.5, 0.6) is 0 Å². The van der Waals surface area contributed by atoms with Crippen LogP contribution in [0.1, 0.15) is 6.92 Å². The standard InChI is InChI=1S/C19H21FN4S/c1-6-18(14(2)23(4)17-8-7-11-21-13-17)24(5)15(3)25-19-10-9-16(20)12-22-19/h6-13H,2-3H2,1,4-5H3/b18-6-. The Hall–Kier alpha value is -2.60. The maximum Gasteiger partial charge on any atom is 0.141 e. The second-order valence-electron chi connectivity index (χ2n) is 5.26. The van der Waals surface area contributed by atoms with Crippen molar-refractivity contribution in [3.05, 3.63) is 84.3 Å². The number of allylic oxidation sites excluding steroid dienone is 1. The molecule has 130 valence electrons. The first-order chi connectivity index (χ1) is 11.9. The highest BCUT2D eigenvalue weighted by Crippen LogP contribution is 2.31. The van der Waals surface area contributed by atoms with Crippen LogP contribution in [0.25, 0.3) is 0 Å². The zero-order valence-electron chi connectivity index (χ0n) is 14.6. The van der Waals surface area contributed by atoms with Gasteiger partial charge in [-0.15, -0.1) is 0 Å². The molecule has 0 fully saturated rings. The summed E-state index contributed by atoms with van der Waals surface area (Å²) in [5.41, 5.74) is 2.66. The molecule has 0 saturated carbocycles. The molecular formula is C19H21FN4S. The lowest BCUT2D eigenvalue weighted by Crippen LogP contribution is -2.25. The first kappa shape index (κ1) is 18.7. The van der Waals surface area contributed by atoms with E-state index in [1.807, 2.05) is 49.0 Å². The van der Waals surface area contributed by atoms with Gasteiger partial charge in [0.1, 0.15) is 10.8 Å². The summed E-state index contributed by atoms with van der Waals surface area (Å²) in [7, 11) is 3.85. The van der Waals surface area contributed by atoms with Crippen molar-refractivity contribution in [2.75, 3.05) is 19.0 Å². The Bertz CT molecular complexity index is 772. The van der Waals surface area contributed by atoms with Gasteiger partial charge in [-0.25, -0.2) is 9.37 Å². The molecular weight excluding hydrogens is 335 g/mol. The van der Waals surface area contributed by atoms with Crippen molar-refractivity contribution in [1.82, 2.24) is 14.9 Å². The summed E-state index contributed by atoms with van der Waals surface area (Å²) in [6.45, 7) is 10.2. The highest BCUT2D eigenvalue weighted by molar-refractivity contribution is 8.02. The second-order valence-corrected chi connectivity index (χ2v) is 6.35. The number of halogens is 1. The zero-order valence-corrected chi connectivity index (χ0v) is 15.4. The number of anilines is 1. The van der Waals surface area contributed by atoms with E-state index in [1.54, 1.807) is 18.5 Å². The summed E-state index contributed by atoms with van der Waals surface area (Å²) in [6.07, 6.45) is 6.68. The first-order valence-electron chi connectivity index (χ1n) is 7.65. The molecule has 0 saturated heterocycles. The Kier molecular flexibility index (Phi) is 6.36. The maximum absolute atomic E-state index is 13.0. The Morgan fingerprint density at radius 1 is 1.20 bits per heavy atom. The molecule has 4 nitrogen and oxygen atoms in total. The molecule has 6 heteroatoms. The van der Waals surface area contributed by atoms with E-state index in [0.717, 1.165) is 22.1 Å². The van der Waals surface area contributed by atoms with Crippen molar-refractivity contribution in [3.63, 3.8) is 0 Å². The van der Waals surface area contributed by atoms with Crippen molar-refractivity contribution < 1.29 is 4.39 Å². The van der Waals surface area contributed by atoms with Crippen LogP contribution in [0.2, 0.25) is 0 Å². The summed E-state index contributed by atoms with van der Waals surface area (Å²) < 4.78 is 13.0. The summed E-state index contributed by atoms with van der Waals surface area (Å²) >= 11 is 1.37. The molecule has 0 aliphatic rings. The van der Waals surface area contributed by atoms with E-state index in [0.29, 0.717) is 5.03 Å². The smallest absolute Gasteiger partial charge is 0.141 e. The van der Waals surface area contributed by atoms with E-state index in [-0.39, 0.29) is 5.82 Å². The Labute approximate surface area is 152 Å². The van der Waals surface area contributed by atoms with Gasteiger partial charge in [0.2, 0.25) is 0 Å². The summed E-state index contributed by atoms with van der Waals surface area (Å²) in [5.74, 6) is -0.357. The summed E-state index contributed by atoms with van der Waals surface area (Å²) in [6, 6.07) is 6.86. The van der Waals surface area contributed by atoms with E-state index < -0.39 is 0 Å². The lowest BCUT2D eigenvalue weighted by Gasteiger charge is -2.30. The van der Waals surface area contributed by atoms with E-state index in [1.165, 1.54) is 24.0 Å². The fourth-order valence-corrected chi connectivity index (χ4v) is 2.90. The molecule has 2 rings (SSSR count). The van der Waals surface area contributed by atoms with Crippen LogP contribution in [0, 0.1) is 5.82 Å². The van der Waals surface area contributed by atoms with Crippen molar-refractivity contribution in [2.45, 2.75) is 11.9 Å². The molecule has 0 aromatic carbocycles. The van der Waals surface area contributed by atoms with Gasteiger partial charge in [-0.05, 0) is 31.2 Å². The Morgan fingerprint density at radius 2 is 1.96 bits per heavy atom. The number of likely N-dealkylation sites (N-methyl/N-ethyl adjacent to an activating group) is 2. The predicted molar refractivity (Wildman–Crippen MR) is 102 cm³/mol. The van der Waals surface area contributed by atoms with Gasteiger partial charge in [0, 0.05) is 20.3 Å². The summed E-state index contributed by atoms with van der Waals surface area (Å²) in [4.78, 5) is 12.1. The van der Waals surface area contributed by atoms with Gasteiger partial charge in [0.25, 0.3) is 0 Å². The van der Waals surface area contributed by atoms with Crippen LogP contribution >= 0.6 is 11.8 Å². The number of hydrogen-bond acceptors (Lipinski definition) is 5. The van der Waals surface area contributed by atoms with Gasteiger partial charge >= 0.3 is 0 Å². The number of hydrogen-bond donors (Lipinski definition) is 0. The molecule has 0 amide bonds. The van der Waals surface area contributed by atoms with Crippen LogP contribution in [-0.2, 0) is 0 Å². The summed E-state index contributed by atoms with van der Waals surface area (Å²) in [5, 5.41) is 1.44. The highest BCUT2D eigenvalue weighted by Gasteiger charge is 2.16. The van der Waals surface area contributed by atoms with E-state index in [4.69, 9.17) is 0 Å². The molecule has 0 spiro atoms. The second kappa shape index (κ2) is 8.48. The third-order valence-electron chi connectivity index (χ3n) is 3.67. The van der Waals surface area contributed by atoms with Crippen molar-refractivity contribution in [3.8, 4) is 0 Å². The third-order valence-corrected chi connectivity index (χ3v) is 4.63. The van der Waals surface area contributed by atoms with Crippen molar-refractivity contribution >= 4 is 17.4 Å². The Balaban J connectivity index is 2.12. The van der Waals surface area contributed by atoms with Gasteiger partial charge in [-0.3, -0.25) is 4.98 Å². The van der Waals surface area contributed by atoms with Crippen LogP contribution in [0.3, 0.4) is 0 Å². The minimum absolute atomic E-state index is 0.357. The molecule has 0 unspecified atom stereocenters. The Morgan fingerprint density at radius 3 is 2.52 bits per heavy atom. The van der Waals surface area contributed by atoms with Gasteiger partial charge in [-0.2, -0.15) is 0 Å². The minimum atomic E-state index is -0.357. The molecule has 0 aliphatic heterocycles. The minimum Gasteiger partial charge on any atom is -0.342 e. The lowest BCUT2D eigenvalue weighted by molar-refractivity contribution is 0.562. The number of nitrogens with zero attached hydrogens (tertiary/aromatic N) is 4. The van der Waals surface area contributed by atoms with E-state index in [2.05, 4.69) is 23.1 Å².